The van der Waals surface area contributed by atoms with E-state index in [-0.39, 0.29) is 22.7 Å². The topological polar surface area (TPSA) is 82.9 Å². The zero-order valence-electron chi connectivity index (χ0n) is 16.7. The predicted molar refractivity (Wildman–Crippen MR) is 116 cm³/mol. The third-order valence-corrected chi connectivity index (χ3v) is 6.55. The lowest BCUT2D eigenvalue weighted by Gasteiger charge is -2.31. The zero-order chi connectivity index (χ0) is 22.0. The van der Waals surface area contributed by atoms with Crippen molar-refractivity contribution >= 4 is 39.7 Å². The second-order valence-corrected chi connectivity index (χ2v) is 8.88. The first kappa shape index (κ1) is 19.7. The fraction of sp³-hybridized carbons (Fsp3) is 0.381. The number of hydrogen-bond donors (Lipinski definition) is 3. The molecule has 0 saturated heterocycles. The van der Waals surface area contributed by atoms with Gasteiger partial charge in [0.2, 0.25) is 0 Å². The van der Waals surface area contributed by atoms with Gasteiger partial charge in [0.25, 0.3) is 0 Å². The van der Waals surface area contributed by atoms with Crippen molar-refractivity contribution < 1.29 is 13.2 Å². The standard InChI is InChI=1S/C21H19ClF3N7/c22-18-17(12-5-28-31-20(12)21(19(18)25)29-11-2-10(23)3-11)14-7-32-8-15(30-16(32)6-26-14)27-4-9-1-13(9)24/h5-11,13,27,29H,1-4H2,(H,28,31)/t9-,10?,11?,13-/m0/s1. The Labute approximate surface area is 185 Å². The molecule has 0 amide bonds. The van der Waals surface area contributed by atoms with Crippen LogP contribution < -0.4 is 10.6 Å². The Morgan fingerprint density at radius 2 is 2.00 bits per heavy atom. The molecule has 0 bridgehead atoms. The minimum Gasteiger partial charge on any atom is -0.378 e. The summed E-state index contributed by atoms with van der Waals surface area (Å²) in [4.78, 5) is 8.87. The van der Waals surface area contributed by atoms with Crippen LogP contribution in [-0.4, -0.2) is 49.5 Å². The first-order valence-electron chi connectivity index (χ1n) is 10.5. The van der Waals surface area contributed by atoms with Crippen LogP contribution in [0.3, 0.4) is 0 Å². The van der Waals surface area contributed by atoms with Crippen molar-refractivity contribution in [2.45, 2.75) is 37.6 Å². The second kappa shape index (κ2) is 7.26. The van der Waals surface area contributed by atoms with Gasteiger partial charge in [0.15, 0.2) is 11.5 Å². The highest BCUT2D eigenvalue weighted by molar-refractivity contribution is 6.35. The molecule has 4 aromatic rings. The van der Waals surface area contributed by atoms with E-state index in [1.54, 1.807) is 29.2 Å². The minimum absolute atomic E-state index is 0.0347. The quantitative estimate of drug-likeness (QED) is 0.386. The maximum absolute atomic E-state index is 15.3. The first-order valence-corrected chi connectivity index (χ1v) is 10.8. The van der Waals surface area contributed by atoms with Crippen LogP contribution in [0.1, 0.15) is 19.3 Å². The number of anilines is 2. The third kappa shape index (κ3) is 3.24. The molecule has 3 N–H and O–H groups in total. The van der Waals surface area contributed by atoms with Crippen molar-refractivity contribution in [2.24, 2.45) is 5.92 Å². The molecule has 6 rings (SSSR count). The maximum Gasteiger partial charge on any atom is 0.167 e. The molecule has 2 atom stereocenters. The Bertz CT molecular complexity index is 1330. The van der Waals surface area contributed by atoms with Gasteiger partial charge in [-0.3, -0.25) is 10.1 Å². The molecule has 2 aliphatic carbocycles. The lowest BCUT2D eigenvalue weighted by atomic mass is 9.90. The van der Waals surface area contributed by atoms with E-state index < -0.39 is 18.2 Å². The Morgan fingerprint density at radius 3 is 2.75 bits per heavy atom. The molecule has 3 aromatic heterocycles. The summed E-state index contributed by atoms with van der Waals surface area (Å²) in [6.45, 7) is 0.524. The van der Waals surface area contributed by atoms with Gasteiger partial charge in [-0.25, -0.2) is 18.2 Å². The van der Waals surface area contributed by atoms with Crippen LogP contribution in [0, 0.1) is 11.7 Å². The van der Waals surface area contributed by atoms with E-state index >= 15 is 4.39 Å². The summed E-state index contributed by atoms with van der Waals surface area (Å²) in [7, 11) is 0. The maximum atomic E-state index is 15.3. The van der Waals surface area contributed by atoms with Crippen molar-refractivity contribution in [3.63, 3.8) is 0 Å². The van der Waals surface area contributed by atoms with Crippen LogP contribution in [0.25, 0.3) is 27.8 Å². The summed E-state index contributed by atoms with van der Waals surface area (Å²) in [5.41, 5.74) is 2.07. The molecule has 1 aromatic carbocycles. The Balaban J connectivity index is 1.37. The van der Waals surface area contributed by atoms with Crippen LogP contribution >= 0.6 is 11.6 Å². The number of nitrogens with zero attached hydrogens (tertiary/aromatic N) is 4. The van der Waals surface area contributed by atoms with Crippen LogP contribution in [-0.2, 0) is 0 Å². The van der Waals surface area contributed by atoms with Gasteiger partial charge in [0.05, 0.1) is 40.5 Å². The highest BCUT2D eigenvalue weighted by atomic mass is 35.5. The highest BCUT2D eigenvalue weighted by Gasteiger charge is 2.37. The van der Waals surface area contributed by atoms with Crippen LogP contribution in [0.5, 0.6) is 0 Å². The summed E-state index contributed by atoms with van der Waals surface area (Å²) in [5.74, 6) is 0.00771. The second-order valence-electron chi connectivity index (χ2n) is 8.50. The summed E-state index contributed by atoms with van der Waals surface area (Å²) < 4.78 is 43.3. The number of imidazole rings is 1. The number of H-pyrrole nitrogens is 1. The molecular formula is C21H19ClF3N7. The van der Waals surface area contributed by atoms with E-state index in [1.807, 2.05) is 0 Å². The largest absolute Gasteiger partial charge is 0.378 e. The van der Waals surface area contributed by atoms with Crippen molar-refractivity contribution in [1.29, 1.82) is 0 Å². The van der Waals surface area contributed by atoms with Crippen LogP contribution in [0.2, 0.25) is 5.02 Å². The molecular weight excluding hydrogens is 443 g/mol. The number of benzene rings is 1. The van der Waals surface area contributed by atoms with E-state index in [1.165, 1.54) is 0 Å². The molecule has 0 aliphatic heterocycles. The number of fused-ring (bicyclic) bond motifs is 2. The molecule has 2 saturated carbocycles. The minimum atomic E-state index is -0.865. The molecule has 11 heteroatoms. The average molecular weight is 462 g/mol. The molecule has 32 heavy (non-hydrogen) atoms. The van der Waals surface area contributed by atoms with Gasteiger partial charge >= 0.3 is 0 Å². The average Bonchev–Trinajstić information content (AvgIpc) is 3.13. The van der Waals surface area contributed by atoms with Crippen LogP contribution in [0.4, 0.5) is 24.7 Å². The summed E-state index contributed by atoms with van der Waals surface area (Å²) in [6.07, 6.45) is 6.25. The van der Waals surface area contributed by atoms with Gasteiger partial charge in [-0.15, -0.1) is 0 Å². The van der Waals surface area contributed by atoms with Crippen molar-refractivity contribution in [3.05, 3.63) is 35.6 Å². The van der Waals surface area contributed by atoms with E-state index in [2.05, 4.69) is 30.8 Å². The van der Waals surface area contributed by atoms with Gasteiger partial charge in [0.1, 0.15) is 18.2 Å². The molecule has 7 nitrogen and oxygen atoms in total. The summed E-state index contributed by atoms with van der Waals surface area (Å²) >= 11 is 6.46. The van der Waals surface area contributed by atoms with Crippen LogP contribution in [0.15, 0.2) is 24.8 Å². The molecule has 0 spiro atoms. The number of aromatic nitrogens is 5. The van der Waals surface area contributed by atoms with Crippen molar-refractivity contribution in [3.8, 4) is 11.3 Å². The Kier molecular flexibility index (Phi) is 4.46. The molecule has 0 unspecified atom stereocenters. The Hall–Kier alpha value is -3.01. The lowest BCUT2D eigenvalue weighted by molar-refractivity contribution is 0.192. The van der Waals surface area contributed by atoms with Gasteiger partial charge < -0.3 is 15.0 Å². The van der Waals surface area contributed by atoms with Gasteiger partial charge in [-0.2, -0.15) is 5.10 Å². The van der Waals surface area contributed by atoms with Gasteiger partial charge in [0, 0.05) is 35.7 Å². The molecule has 2 fully saturated rings. The van der Waals surface area contributed by atoms with E-state index in [9.17, 15) is 8.78 Å². The number of aromatic amines is 1. The highest BCUT2D eigenvalue weighted by Crippen LogP contribution is 2.42. The number of alkyl halides is 2. The normalized spacial score (nSPS) is 24.6. The smallest absolute Gasteiger partial charge is 0.167 e. The van der Waals surface area contributed by atoms with Gasteiger partial charge in [-0.05, 0) is 19.3 Å². The van der Waals surface area contributed by atoms with Gasteiger partial charge in [-0.1, -0.05) is 11.6 Å². The zero-order valence-corrected chi connectivity index (χ0v) is 17.5. The summed E-state index contributed by atoms with van der Waals surface area (Å²) in [5, 5.41) is 13.6. The fourth-order valence-electron chi connectivity index (χ4n) is 4.14. The van der Waals surface area contributed by atoms with Crippen molar-refractivity contribution in [2.75, 3.05) is 17.2 Å². The van der Waals surface area contributed by atoms with E-state index in [0.29, 0.717) is 59.4 Å². The number of hydrogen-bond acceptors (Lipinski definition) is 5. The predicted octanol–water partition coefficient (Wildman–Crippen LogP) is 4.75. The molecule has 2 aliphatic rings. The number of nitrogens with one attached hydrogen (secondary N) is 3. The fourth-order valence-corrected chi connectivity index (χ4v) is 4.43. The Morgan fingerprint density at radius 1 is 1.19 bits per heavy atom. The number of rotatable bonds is 6. The first-order chi connectivity index (χ1) is 15.5. The van der Waals surface area contributed by atoms with E-state index in [4.69, 9.17) is 11.6 Å². The molecule has 0 radical (unpaired) electrons. The lowest BCUT2D eigenvalue weighted by Crippen LogP contribution is -2.36. The third-order valence-electron chi connectivity index (χ3n) is 6.20. The molecule has 3 heterocycles. The monoisotopic (exact) mass is 461 g/mol. The van der Waals surface area contributed by atoms with E-state index in [0.717, 1.165) is 0 Å². The SMILES string of the molecule is Fc1c(Cl)c(-c2cn3cc(NC[C@@H]4C[C@@H]4F)nc3cn2)c2cn[nH]c2c1NC1CC(F)C1. The summed E-state index contributed by atoms with van der Waals surface area (Å²) in [6, 6.07) is -0.150. The molecule has 166 valence electrons. The van der Waals surface area contributed by atoms with Crippen molar-refractivity contribution in [1.82, 2.24) is 24.6 Å². The number of halogens is 4.